The molecule has 1 aromatic carbocycles. The number of aromatic nitrogens is 2. The van der Waals surface area contributed by atoms with Crippen LogP contribution in [0.5, 0.6) is 11.5 Å². The third-order valence-corrected chi connectivity index (χ3v) is 4.46. The molecular weight excluding hydrogens is 352 g/mol. The summed E-state index contributed by atoms with van der Waals surface area (Å²) in [6.07, 6.45) is 5.20. The molecule has 0 bridgehead atoms. The number of ether oxygens (including phenoxy) is 2. The molecule has 0 aliphatic rings. The second-order valence-corrected chi connectivity index (χ2v) is 7.00. The van der Waals surface area contributed by atoms with E-state index >= 15 is 0 Å². The molecule has 0 fully saturated rings. The van der Waals surface area contributed by atoms with E-state index in [2.05, 4.69) is 18.8 Å². The van der Waals surface area contributed by atoms with E-state index in [1.165, 1.54) is 11.3 Å². The van der Waals surface area contributed by atoms with Gasteiger partial charge in [-0.15, -0.1) is 11.3 Å². The fraction of sp³-hybridized carbons (Fsp3) is 0.263. The molecule has 7 heteroatoms. The van der Waals surface area contributed by atoms with Crippen molar-refractivity contribution in [3.8, 4) is 11.5 Å². The topological polar surface area (TPSA) is 73.1 Å². The first-order valence-corrected chi connectivity index (χ1v) is 9.06. The Morgan fingerprint density at radius 1 is 1.38 bits per heavy atom. The van der Waals surface area contributed by atoms with Gasteiger partial charge in [0.15, 0.2) is 22.2 Å². The number of thiazole rings is 1. The molecule has 0 amide bonds. The Hall–Kier alpha value is -2.80. The predicted octanol–water partition coefficient (Wildman–Crippen LogP) is 4.31. The molecule has 0 radical (unpaired) electrons. The molecule has 0 unspecified atom stereocenters. The Balaban J connectivity index is 1.99. The van der Waals surface area contributed by atoms with Crippen molar-refractivity contribution >= 4 is 34.4 Å². The first-order chi connectivity index (χ1) is 12.5. The van der Waals surface area contributed by atoms with Gasteiger partial charge in [0, 0.05) is 17.1 Å². The standard InChI is InChI=1S/C19H20N2O4S/c1-12(2)11-25-17-13(5-4-6-15(17)24-3)7-8-14-16(18(22)23)21-9-10-26-19(21)20-14/h4-10,12H,11H2,1-3H3,(H,22,23)/b8-7+. The third-order valence-electron chi connectivity index (χ3n) is 3.70. The van der Waals surface area contributed by atoms with Gasteiger partial charge in [-0.25, -0.2) is 9.78 Å². The number of carbonyl (C=O) groups is 1. The minimum absolute atomic E-state index is 0.144. The highest BCUT2D eigenvalue weighted by Crippen LogP contribution is 2.33. The molecule has 0 spiro atoms. The molecular formula is C19H20N2O4S. The lowest BCUT2D eigenvalue weighted by atomic mass is 10.1. The summed E-state index contributed by atoms with van der Waals surface area (Å²) >= 11 is 1.39. The minimum atomic E-state index is -1.02. The average molecular weight is 372 g/mol. The summed E-state index contributed by atoms with van der Waals surface area (Å²) in [4.78, 5) is 16.7. The van der Waals surface area contributed by atoms with Crippen LogP contribution in [0.3, 0.4) is 0 Å². The molecule has 26 heavy (non-hydrogen) atoms. The van der Waals surface area contributed by atoms with Crippen molar-refractivity contribution in [1.82, 2.24) is 9.38 Å². The Morgan fingerprint density at radius 2 is 2.19 bits per heavy atom. The van der Waals surface area contributed by atoms with Gasteiger partial charge in [0.25, 0.3) is 0 Å². The first-order valence-electron chi connectivity index (χ1n) is 8.18. The smallest absolute Gasteiger partial charge is 0.355 e. The highest BCUT2D eigenvalue weighted by molar-refractivity contribution is 7.15. The van der Waals surface area contributed by atoms with E-state index in [0.29, 0.717) is 34.7 Å². The lowest BCUT2D eigenvalue weighted by molar-refractivity contribution is 0.0689. The Labute approximate surface area is 155 Å². The number of hydrogen-bond acceptors (Lipinski definition) is 5. The number of nitrogens with zero attached hydrogens (tertiary/aromatic N) is 2. The maximum Gasteiger partial charge on any atom is 0.355 e. The molecule has 0 saturated carbocycles. The van der Waals surface area contributed by atoms with Crippen molar-refractivity contribution < 1.29 is 19.4 Å². The van der Waals surface area contributed by atoms with E-state index in [0.717, 1.165) is 5.56 Å². The second-order valence-electron chi connectivity index (χ2n) is 6.12. The van der Waals surface area contributed by atoms with Crippen molar-refractivity contribution in [1.29, 1.82) is 0 Å². The van der Waals surface area contributed by atoms with Crippen molar-refractivity contribution in [2.75, 3.05) is 13.7 Å². The number of aromatic carboxylic acids is 1. The largest absolute Gasteiger partial charge is 0.493 e. The molecule has 0 saturated heterocycles. The number of fused-ring (bicyclic) bond motifs is 1. The molecule has 136 valence electrons. The van der Waals surface area contributed by atoms with Gasteiger partial charge < -0.3 is 14.6 Å². The summed E-state index contributed by atoms with van der Waals surface area (Å²) in [7, 11) is 1.59. The van der Waals surface area contributed by atoms with Crippen LogP contribution in [0, 0.1) is 5.92 Å². The number of benzene rings is 1. The van der Waals surface area contributed by atoms with Crippen LogP contribution in [0.4, 0.5) is 0 Å². The summed E-state index contributed by atoms with van der Waals surface area (Å²) in [6, 6.07) is 5.60. The summed E-state index contributed by atoms with van der Waals surface area (Å²) in [5.74, 6) is 0.627. The number of carboxylic acid groups (broad SMARTS) is 1. The number of rotatable bonds is 7. The van der Waals surface area contributed by atoms with Crippen LogP contribution in [-0.2, 0) is 0 Å². The summed E-state index contributed by atoms with van der Waals surface area (Å²) < 4.78 is 12.9. The van der Waals surface area contributed by atoms with Crippen LogP contribution in [0.25, 0.3) is 17.1 Å². The van der Waals surface area contributed by atoms with Crippen LogP contribution in [-0.4, -0.2) is 34.2 Å². The molecule has 0 aliphatic heterocycles. The maximum absolute atomic E-state index is 11.6. The van der Waals surface area contributed by atoms with E-state index in [1.807, 2.05) is 23.6 Å². The van der Waals surface area contributed by atoms with Crippen molar-refractivity contribution in [3.63, 3.8) is 0 Å². The number of carboxylic acids is 1. The van der Waals surface area contributed by atoms with Crippen LogP contribution < -0.4 is 9.47 Å². The quantitative estimate of drug-likeness (QED) is 0.669. The Kier molecular flexibility index (Phi) is 5.27. The molecule has 1 N–H and O–H groups in total. The molecule has 0 atom stereocenters. The number of para-hydroxylation sites is 1. The van der Waals surface area contributed by atoms with Crippen molar-refractivity contribution in [3.05, 3.63) is 46.7 Å². The molecule has 0 aliphatic carbocycles. The lowest BCUT2D eigenvalue weighted by Gasteiger charge is -2.14. The van der Waals surface area contributed by atoms with Crippen LogP contribution >= 0.6 is 11.3 Å². The van der Waals surface area contributed by atoms with E-state index < -0.39 is 5.97 Å². The van der Waals surface area contributed by atoms with Gasteiger partial charge in [-0.2, -0.15) is 0 Å². The lowest BCUT2D eigenvalue weighted by Crippen LogP contribution is -2.06. The van der Waals surface area contributed by atoms with Gasteiger partial charge in [0.05, 0.1) is 19.4 Å². The summed E-state index contributed by atoms with van der Waals surface area (Å²) in [6.45, 7) is 4.70. The van der Waals surface area contributed by atoms with Gasteiger partial charge in [-0.05, 0) is 24.1 Å². The van der Waals surface area contributed by atoms with Gasteiger partial charge >= 0.3 is 5.97 Å². The van der Waals surface area contributed by atoms with Crippen molar-refractivity contribution in [2.45, 2.75) is 13.8 Å². The number of hydrogen-bond donors (Lipinski definition) is 1. The third kappa shape index (κ3) is 3.57. The van der Waals surface area contributed by atoms with Gasteiger partial charge in [-0.1, -0.05) is 26.0 Å². The maximum atomic E-state index is 11.6. The Bertz CT molecular complexity index is 956. The van der Waals surface area contributed by atoms with E-state index in [9.17, 15) is 9.90 Å². The highest BCUT2D eigenvalue weighted by atomic mass is 32.1. The zero-order valence-corrected chi connectivity index (χ0v) is 15.6. The SMILES string of the molecule is COc1cccc(/C=C/c2nc3sccn3c2C(=O)O)c1OCC(C)C. The monoisotopic (exact) mass is 372 g/mol. The molecule has 2 aromatic heterocycles. The van der Waals surface area contributed by atoms with Crippen LogP contribution in [0.2, 0.25) is 0 Å². The zero-order chi connectivity index (χ0) is 18.7. The van der Waals surface area contributed by atoms with Gasteiger partial charge in [0.2, 0.25) is 0 Å². The average Bonchev–Trinajstić information content (AvgIpc) is 3.18. The molecule has 3 rings (SSSR count). The fourth-order valence-electron chi connectivity index (χ4n) is 2.53. The van der Waals surface area contributed by atoms with Gasteiger partial charge in [0.1, 0.15) is 0 Å². The molecule has 3 aromatic rings. The van der Waals surface area contributed by atoms with Crippen LogP contribution in [0.1, 0.15) is 35.6 Å². The Morgan fingerprint density at radius 3 is 2.88 bits per heavy atom. The van der Waals surface area contributed by atoms with Crippen LogP contribution in [0.15, 0.2) is 29.8 Å². The van der Waals surface area contributed by atoms with E-state index in [1.54, 1.807) is 29.9 Å². The fourth-order valence-corrected chi connectivity index (χ4v) is 3.25. The molecule has 2 heterocycles. The summed E-state index contributed by atoms with van der Waals surface area (Å²) in [5.41, 5.74) is 1.35. The number of methoxy groups -OCH3 is 1. The molecule has 6 nitrogen and oxygen atoms in total. The summed E-state index contributed by atoms with van der Waals surface area (Å²) in [5, 5.41) is 11.3. The predicted molar refractivity (Wildman–Crippen MR) is 102 cm³/mol. The second kappa shape index (κ2) is 7.61. The van der Waals surface area contributed by atoms with Crippen molar-refractivity contribution in [2.24, 2.45) is 5.92 Å². The highest BCUT2D eigenvalue weighted by Gasteiger charge is 2.18. The van der Waals surface area contributed by atoms with Gasteiger partial charge in [-0.3, -0.25) is 4.40 Å². The van der Waals surface area contributed by atoms with E-state index in [-0.39, 0.29) is 5.69 Å². The normalized spacial score (nSPS) is 11.5. The van der Waals surface area contributed by atoms with E-state index in [4.69, 9.17) is 9.47 Å². The minimum Gasteiger partial charge on any atom is -0.493 e. The first kappa shape index (κ1) is 18.0. The number of imidazole rings is 1. The zero-order valence-electron chi connectivity index (χ0n) is 14.8.